The highest BCUT2D eigenvalue weighted by molar-refractivity contribution is 5.99. The lowest BCUT2D eigenvalue weighted by Crippen LogP contribution is -2.54. The average Bonchev–Trinajstić information content (AvgIpc) is 3.09. The van der Waals surface area contributed by atoms with Crippen molar-refractivity contribution in [3.8, 4) is 0 Å². The first-order valence-electron chi connectivity index (χ1n) is 13.0. The second kappa shape index (κ2) is 8.56. The standard InChI is InChI=1S/C27H46N4/c1-17(2)7-6-8-18(3)21-9-10-22-25-23(12-14-27(21,22)5)26(4)13-11-20(30-28)15-19(26)16-24(25)31-29/h15,17-18,21-23,25H,6-14,16,28-29H2,1-5H3/b30-20-,31-24+/t18-,21-,22+,23+,25+,26+,27-/m1/s1. The van der Waals surface area contributed by atoms with Crippen LogP contribution in [0.4, 0.5) is 0 Å². The summed E-state index contributed by atoms with van der Waals surface area (Å²) in [6.45, 7) is 12.4. The van der Waals surface area contributed by atoms with Crippen molar-refractivity contribution in [3.63, 3.8) is 0 Å². The van der Waals surface area contributed by atoms with Gasteiger partial charge in [0.05, 0.1) is 5.71 Å². The van der Waals surface area contributed by atoms with Gasteiger partial charge in [-0.2, -0.15) is 10.2 Å². The highest BCUT2D eigenvalue weighted by Crippen LogP contribution is 2.67. The molecule has 31 heavy (non-hydrogen) atoms. The summed E-state index contributed by atoms with van der Waals surface area (Å²) in [4.78, 5) is 0. The molecule has 4 nitrogen and oxygen atoms in total. The van der Waals surface area contributed by atoms with Crippen LogP contribution in [0.5, 0.6) is 0 Å². The SMILES string of the molecule is CC(C)CCC[C@@H](C)[C@H]1CC[C@H]2[C@@H]3/C(=N/N)CC4=C/C(=N\N)CC[C@]4(C)[C@H]3CC[C@]12C. The highest BCUT2D eigenvalue weighted by Gasteiger charge is 2.61. The van der Waals surface area contributed by atoms with Gasteiger partial charge in [-0.25, -0.2) is 0 Å². The van der Waals surface area contributed by atoms with Gasteiger partial charge in [-0.3, -0.25) is 0 Å². The van der Waals surface area contributed by atoms with Crippen molar-refractivity contribution in [2.24, 2.45) is 68.2 Å². The molecule has 3 saturated carbocycles. The molecule has 0 aliphatic heterocycles. The molecule has 0 amide bonds. The summed E-state index contributed by atoms with van der Waals surface area (Å²) in [5.41, 5.74) is 4.49. The molecule has 0 radical (unpaired) electrons. The number of fused-ring (bicyclic) bond motifs is 5. The molecule has 0 saturated heterocycles. The van der Waals surface area contributed by atoms with E-state index in [4.69, 9.17) is 11.7 Å². The maximum Gasteiger partial charge on any atom is 0.0600 e. The molecule has 0 bridgehead atoms. The number of hydrogen-bond donors (Lipinski definition) is 2. The van der Waals surface area contributed by atoms with Gasteiger partial charge in [-0.15, -0.1) is 0 Å². The van der Waals surface area contributed by atoms with Crippen molar-refractivity contribution in [2.45, 2.75) is 98.8 Å². The summed E-state index contributed by atoms with van der Waals surface area (Å²) in [7, 11) is 0. The molecule has 4 heteroatoms. The number of rotatable bonds is 5. The monoisotopic (exact) mass is 426 g/mol. The van der Waals surface area contributed by atoms with Crippen molar-refractivity contribution < 1.29 is 0 Å². The molecule has 0 aromatic heterocycles. The van der Waals surface area contributed by atoms with Gasteiger partial charge in [-0.05, 0) is 85.0 Å². The highest BCUT2D eigenvalue weighted by atomic mass is 15.1. The third-order valence-electron chi connectivity index (χ3n) is 10.4. The third-order valence-corrected chi connectivity index (χ3v) is 10.4. The summed E-state index contributed by atoms with van der Waals surface area (Å²) in [5, 5.41) is 8.46. The van der Waals surface area contributed by atoms with Crippen molar-refractivity contribution in [1.82, 2.24) is 0 Å². The maximum atomic E-state index is 6.06. The molecule has 3 fully saturated rings. The van der Waals surface area contributed by atoms with Crippen molar-refractivity contribution >= 4 is 11.4 Å². The Bertz CT molecular complexity index is 765. The van der Waals surface area contributed by atoms with Gasteiger partial charge in [0, 0.05) is 18.1 Å². The van der Waals surface area contributed by atoms with Crippen LogP contribution in [0.15, 0.2) is 21.9 Å². The van der Waals surface area contributed by atoms with Crippen LogP contribution < -0.4 is 11.7 Å². The van der Waals surface area contributed by atoms with Gasteiger partial charge in [0.15, 0.2) is 0 Å². The second-order valence-corrected chi connectivity index (χ2v) is 12.3. The normalized spacial score (nSPS) is 43.5. The molecule has 0 heterocycles. The average molecular weight is 427 g/mol. The zero-order valence-corrected chi connectivity index (χ0v) is 20.7. The van der Waals surface area contributed by atoms with Crippen molar-refractivity contribution in [2.75, 3.05) is 0 Å². The van der Waals surface area contributed by atoms with Crippen LogP contribution in [0.25, 0.3) is 0 Å². The van der Waals surface area contributed by atoms with Crippen LogP contribution >= 0.6 is 0 Å². The Labute approximate surface area is 190 Å². The largest absolute Gasteiger partial charge is 0.323 e. The van der Waals surface area contributed by atoms with Crippen molar-refractivity contribution in [3.05, 3.63) is 11.6 Å². The fourth-order valence-corrected chi connectivity index (χ4v) is 8.55. The summed E-state index contributed by atoms with van der Waals surface area (Å²) < 4.78 is 0. The Hall–Kier alpha value is -1.32. The van der Waals surface area contributed by atoms with Crippen LogP contribution in [-0.2, 0) is 0 Å². The van der Waals surface area contributed by atoms with E-state index in [9.17, 15) is 0 Å². The lowest BCUT2D eigenvalue weighted by atomic mass is 9.46. The molecular weight excluding hydrogens is 380 g/mol. The van der Waals surface area contributed by atoms with Crippen LogP contribution in [0.2, 0.25) is 0 Å². The van der Waals surface area contributed by atoms with E-state index in [0.29, 0.717) is 17.3 Å². The van der Waals surface area contributed by atoms with Gasteiger partial charge in [-0.1, -0.05) is 59.5 Å². The predicted octanol–water partition coefficient (Wildman–Crippen LogP) is 6.27. The molecule has 0 spiro atoms. The molecule has 0 unspecified atom stereocenters. The maximum absolute atomic E-state index is 6.06. The molecular formula is C27H46N4. The minimum absolute atomic E-state index is 0.259. The lowest BCUT2D eigenvalue weighted by Gasteiger charge is -2.58. The van der Waals surface area contributed by atoms with E-state index in [1.54, 1.807) is 0 Å². The molecule has 0 aromatic rings. The Balaban J connectivity index is 1.59. The second-order valence-electron chi connectivity index (χ2n) is 12.3. The lowest BCUT2D eigenvalue weighted by molar-refractivity contribution is -0.0212. The smallest absolute Gasteiger partial charge is 0.0600 e. The van der Waals surface area contributed by atoms with E-state index in [2.05, 4.69) is 50.9 Å². The van der Waals surface area contributed by atoms with Crippen LogP contribution in [0.3, 0.4) is 0 Å². The van der Waals surface area contributed by atoms with E-state index in [1.165, 1.54) is 62.7 Å². The number of hydrogen-bond acceptors (Lipinski definition) is 4. The molecule has 7 atom stereocenters. The van der Waals surface area contributed by atoms with E-state index < -0.39 is 0 Å². The minimum Gasteiger partial charge on any atom is -0.323 e. The molecule has 4 aliphatic carbocycles. The Morgan fingerprint density at radius 3 is 2.45 bits per heavy atom. The summed E-state index contributed by atoms with van der Waals surface area (Å²) in [5.74, 6) is 16.2. The first-order valence-corrected chi connectivity index (χ1v) is 13.0. The van der Waals surface area contributed by atoms with E-state index in [1.807, 2.05) is 0 Å². The summed E-state index contributed by atoms with van der Waals surface area (Å²) in [6.07, 6.45) is 15.0. The molecule has 0 aromatic carbocycles. The van der Waals surface area contributed by atoms with Crippen LogP contribution in [0.1, 0.15) is 98.8 Å². The van der Waals surface area contributed by atoms with Gasteiger partial charge in [0.2, 0.25) is 0 Å². The number of allylic oxidation sites excluding steroid dienone is 2. The van der Waals surface area contributed by atoms with Crippen LogP contribution in [-0.4, -0.2) is 11.4 Å². The van der Waals surface area contributed by atoms with Crippen LogP contribution in [0, 0.1) is 46.3 Å². The molecule has 174 valence electrons. The van der Waals surface area contributed by atoms with Crippen molar-refractivity contribution in [1.29, 1.82) is 0 Å². The zero-order valence-electron chi connectivity index (χ0n) is 20.7. The molecule has 4 N–H and O–H groups in total. The first kappa shape index (κ1) is 22.9. The third kappa shape index (κ3) is 3.76. The Kier molecular flexibility index (Phi) is 6.31. The Morgan fingerprint density at radius 2 is 1.77 bits per heavy atom. The number of nitrogens with two attached hydrogens (primary N) is 2. The Morgan fingerprint density at radius 1 is 1.00 bits per heavy atom. The first-order chi connectivity index (χ1) is 14.7. The van der Waals surface area contributed by atoms with Gasteiger partial charge < -0.3 is 11.7 Å². The minimum atomic E-state index is 0.259. The molecule has 4 aliphatic rings. The quantitative estimate of drug-likeness (QED) is 0.401. The topological polar surface area (TPSA) is 76.8 Å². The summed E-state index contributed by atoms with van der Waals surface area (Å²) in [6, 6.07) is 0. The summed E-state index contributed by atoms with van der Waals surface area (Å²) >= 11 is 0. The van der Waals surface area contributed by atoms with Gasteiger partial charge in [0.25, 0.3) is 0 Å². The zero-order chi connectivity index (χ0) is 22.4. The van der Waals surface area contributed by atoms with Gasteiger partial charge >= 0.3 is 0 Å². The van der Waals surface area contributed by atoms with E-state index >= 15 is 0 Å². The van der Waals surface area contributed by atoms with E-state index in [0.717, 1.165) is 42.2 Å². The number of hydrazone groups is 2. The predicted molar refractivity (Wildman–Crippen MR) is 132 cm³/mol. The number of nitrogens with zero attached hydrogens (tertiary/aromatic N) is 2. The molecule has 4 rings (SSSR count). The van der Waals surface area contributed by atoms with E-state index in [-0.39, 0.29) is 5.41 Å². The fourth-order valence-electron chi connectivity index (χ4n) is 8.55. The van der Waals surface area contributed by atoms with Gasteiger partial charge in [0.1, 0.15) is 0 Å². The fraction of sp³-hybridized carbons (Fsp3) is 0.852.